The van der Waals surface area contributed by atoms with E-state index in [1.54, 1.807) is 13.0 Å². The predicted molar refractivity (Wildman–Crippen MR) is 154 cm³/mol. The molecule has 4 fully saturated rings. The van der Waals surface area contributed by atoms with Gasteiger partial charge >= 0.3 is 12.4 Å². The van der Waals surface area contributed by atoms with Gasteiger partial charge in [0.25, 0.3) is 0 Å². The zero-order valence-electron chi connectivity index (χ0n) is 25.9. The second-order valence-corrected chi connectivity index (χ2v) is 17.5. The molecule has 0 amide bonds. The zero-order chi connectivity index (χ0) is 32.7. The lowest BCUT2D eigenvalue weighted by atomic mass is 9.43. The number of rotatable bonds is 6. The van der Waals surface area contributed by atoms with Crippen molar-refractivity contribution < 1.29 is 45.0 Å². The molecule has 0 bridgehead atoms. The Balaban J connectivity index is 1.43. The number of fused-ring (bicyclic) bond motifs is 5. The van der Waals surface area contributed by atoms with Crippen LogP contribution in [0.2, 0.25) is 0 Å². The molecule has 0 saturated heterocycles. The molecule has 11 heteroatoms. The van der Waals surface area contributed by atoms with E-state index in [2.05, 4.69) is 13.8 Å². The van der Waals surface area contributed by atoms with E-state index in [9.17, 15) is 45.0 Å². The van der Waals surface area contributed by atoms with E-state index in [-0.39, 0.29) is 58.2 Å². The van der Waals surface area contributed by atoms with Crippen molar-refractivity contribution >= 4 is 9.84 Å². The third kappa shape index (κ3) is 5.32. The molecule has 44 heavy (non-hydrogen) atoms. The Morgan fingerprint density at radius 2 is 1.50 bits per heavy atom. The Bertz CT molecular complexity index is 1310. The monoisotopic (exact) mass is 652 g/mol. The van der Waals surface area contributed by atoms with E-state index in [1.807, 2.05) is 0 Å². The molecule has 4 aliphatic rings. The van der Waals surface area contributed by atoms with Gasteiger partial charge in [-0.15, -0.1) is 0 Å². The highest BCUT2D eigenvalue weighted by Gasteiger charge is 2.66. The molecule has 11 atom stereocenters. The molecule has 0 aliphatic heterocycles. The molecule has 2 N–H and O–H groups in total. The normalized spacial score (nSPS) is 40.7. The summed E-state index contributed by atoms with van der Waals surface area (Å²) in [6.45, 7) is 6.58. The molecule has 4 saturated carbocycles. The van der Waals surface area contributed by atoms with Crippen LogP contribution in [0.25, 0.3) is 0 Å². The van der Waals surface area contributed by atoms with Gasteiger partial charge in [0.05, 0.1) is 10.1 Å². The average Bonchev–Trinajstić information content (AvgIpc) is 3.28. The van der Waals surface area contributed by atoms with Crippen molar-refractivity contribution in [2.45, 2.75) is 126 Å². The van der Waals surface area contributed by atoms with Crippen molar-refractivity contribution in [3.05, 3.63) is 30.3 Å². The maximum Gasteiger partial charge on any atom is 0.417 e. The SMILES string of the molecule is C[C@H](C(CC(C)(O)C(F)(F)F)S(=O)(=O)c1ccccc1)[C@H]1CC[C@H]2[C@@H]3CC[C@H]4C[C@](O)(C(F)(F)F)CC[C@]4(C)[C@H]3CC[C@]12C. The van der Waals surface area contributed by atoms with Crippen LogP contribution in [-0.2, 0) is 9.84 Å². The fourth-order valence-corrected chi connectivity index (χ4v) is 12.7. The van der Waals surface area contributed by atoms with Gasteiger partial charge < -0.3 is 10.2 Å². The maximum atomic E-state index is 14.0. The molecule has 1 aromatic carbocycles. The Morgan fingerprint density at radius 3 is 2.09 bits per heavy atom. The van der Waals surface area contributed by atoms with Gasteiger partial charge in [-0.3, -0.25) is 0 Å². The minimum atomic E-state index is -5.01. The van der Waals surface area contributed by atoms with Gasteiger partial charge in [-0.25, -0.2) is 8.42 Å². The summed E-state index contributed by atoms with van der Waals surface area (Å²) in [5.41, 5.74) is -6.54. The summed E-state index contributed by atoms with van der Waals surface area (Å²) in [6, 6.07) is 7.45. The molecular weight excluding hydrogens is 606 g/mol. The Morgan fingerprint density at radius 1 is 0.886 bits per heavy atom. The quantitative estimate of drug-likeness (QED) is 0.305. The lowest BCUT2D eigenvalue weighted by Crippen LogP contribution is -2.59. The molecule has 0 aromatic heterocycles. The number of aliphatic hydroxyl groups is 2. The molecule has 0 heterocycles. The lowest BCUT2D eigenvalue weighted by molar-refractivity contribution is -0.290. The molecule has 4 aliphatic carbocycles. The largest absolute Gasteiger partial charge is 0.417 e. The highest BCUT2D eigenvalue weighted by molar-refractivity contribution is 7.92. The standard InChI is InChI=1S/C33H46F6O4S/c1-20(27(19-30(4,40)32(34,35)36)44(42,43)22-8-6-5-7-9-22)24-12-13-25-23-11-10-21-18-31(41,33(37,38)39)17-16-28(21,2)26(23)14-15-29(24,25)3/h5-9,20-21,23-27,40-41H,10-19H2,1-4H3/t20-,21-,23-,24+,25-,26-,27?,28-,29+,30?,31-/m0/s1. The van der Waals surface area contributed by atoms with Crippen LogP contribution < -0.4 is 0 Å². The first-order valence-corrected chi connectivity index (χ1v) is 17.5. The van der Waals surface area contributed by atoms with Gasteiger partial charge in [-0.05, 0) is 123 Å². The van der Waals surface area contributed by atoms with Gasteiger partial charge in [0.1, 0.15) is 0 Å². The fourth-order valence-electron chi connectivity index (χ4n) is 10.5. The molecular formula is C33H46F6O4S. The highest BCUT2D eigenvalue weighted by atomic mass is 32.2. The van der Waals surface area contributed by atoms with Gasteiger partial charge in [0.15, 0.2) is 21.0 Å². The number of benzene rings is 1. The number of halogens is 6. The van der Waals surface area contributed by atoms with Gasteiger partial charge in [0, 0.05) is 6.42 Å². The molecule has 4 nitrogen and oxygen atoms in total. The first-order chi connectivity index (χ1) is 20.1. The minimum absolute atomic E-state index is 0.0689. The van der Waals surface area contributed by atoms with E-state index < -0.39 is 51.0 Å². The van der Waals surface area contributed by atoms with Crippen molar-refractivity contribution in [1.82, 2.24) is 0 Å². The summed E-state index contributed by atoms with van der Waals surface area (Å²) >= 11 is 0. The van der Waals surface area contributed by atoms with Crippen LogP contribution in [0.5, 0.6) is 0 Å². The van der Waals surface area contributed by atoms with Crippen molar-refractivity contribution in [2.24, 2.45) is 46.3 Å². The maximum absolute atomic E-state index is 14.0. The number of hydrogen-bond acceptors (Lipinski definition) is 4. The van der Waals surface area contributed by atoms with Gasteiger partial charge in [-0.1, -0.05) is 39.0 Å². The number of alkyl halides is 6. The van der Waals surface area contributed by atoms with E-state index in [0.717, 1.165) is 19.3 Å². The fraction of sp³-hybridized carbons (Fsp3) is 0.818. The van der Waals surface area contributed by atoms with Crippen LogP contribution in [0, 0.1) is 46.3 Å². The van der Waals surface area contributed by atoms with Crippen LogP contribution in [0.3, 0.4) is 0 Å². The minimum Gasteiger partial charge on any atom is -0.381 e. The third-order valence-corrected chi connectivity index (χ3v) is 15.6. The first-order valence-electron chi connectivity index (χ1n) is 16.0. The highest BCUT2D eigenvalue weighted by Crippen LogP contribution is 2.69. The molecule has 0 spiro atoms. The predicted octanol–water partition coefficient (Wildman–Crippen LogP) is 8.12. The molecule has 1 aromatic rings. The Kier molecular flexibility index (Phi) is 8.40. The summed E-state index contributed by atoms with van der Waals surface area (Å²) in [4.78, 5) is -0.0689. The lowest BCUT2D eigenvalue weighted by Gasteiger charge is -2.62. The molecule has 5 rings (SSSR count). The number of hydrogen-bond donors (Lipinski definition) is 2. The third-order valence-electron chi connectivity index (χ3n) is 13.2. The van der Waals surface area contributed by atoms with Crippen LogP contribution in [-0.4, -0.2) is 47.4 Å². The summed E-state index contributed by atoms with van der Waals surface area (Å²) in [6.07, 6.45) is -6.73. The molecule has 0 radical (unpaired) electrons. The van der Waals surface area contributed by atoms with Crippen molar-refractivity contribution in [3.63, 3.8) is 0 Å². The summed E-state index contributed by atoms with van der Waals surface area (Å²) < 4.78 is 111. The topological polar surface area (TPSA) is 74.6 Å². The van der Waals surface area contributed by atoms with Crippen molar-refractivity contribution in [1.29, 1.82) is 0 Å². The molecule has 2 unspecified atom stereocenters. The average molecular weight is 653 g/mol. The summed E-state index contributed by atoms with van der Waals surface area (Å²) in [5.74, 6) is -0.530. The zero-order valence-corrected chi connectivity index (χ0v) is 26.7. The molecule has 250 valence electrons. The summed E-state index contributed by atoms with van der Waals surface area (Å²) in [7, 11) is -4.24. The van der Waals surface area contributed by atoms with E-state index in [0.29, 0.717) is 32.6 Å². The van der Waals surface area contributed by atoms with E-state index in [4.69, 9.17) is 0 Å². The Labute approximate surface area is 256 Å². The first kappa shape index (κ1) is 34.0. The summed E-state index contributed by atoms with van der Waals surface area (Å²) in [5, 5.41) is 19.6. The second-order valence-electron chi connectivity index (χ2n) is 15.4. The second kappa shape index (κ2) is 10.9. The van der Waals surface area contributed by atoms with Crippen LogP contribution in [0.1, 0.15) is 91.9 Å². The van der Waals surface area contributed by atoms with Crippen LogP contribution in [0.15, 0.2) is 35.2 Å². The Hall–Kier alpha value is -1.33. The van der Waals surface area contributed by atoms with Crippen LogP contribution >= 0.6 is 0 Å². The van der Waals surface area contributed by atoms with Crippen molar-refractivity contribution in [2.75, 3.05) is 0 Å². The van der Waals surface area contributed by atoms with Gasteiger partial charge in [-0.2, -0.15) is 26.3 Å². The van der Waals surface area contributed by atoms with Gasteiger partial charge in [0.2, 0.25) is 0 Å². The smallest absolute Gasteiger partial charge is 0.381 e. The van der Waals surface area contributed by atoms with Crippen molar-refractivity contribution in [3.8, 4) is 0 Å². The van der Waals surface area contributed by atoms with E-state index >= 15 is 0 Å². The van der Waals surface area contributed by atoms with Crippen LogP contribution in [0.4, 0.5) is 26.3 Å². The number of sulfone groups is 1. The van der Waals surface area contributed by atoms with E-state index in [1.165, 1.54) is 24.3 Å².